The zero-order chi connectivity index (χ0) is 13.7. The molecule has 98 valence electrons. The number of aromatic nitrogens is 3. The van der Waals surface area contributed by atoms with Gasteiger partial charge >= 0.3 is 58.2 Å². The number of anilines is 2. The molecule has 0 radical (unpaired) electrons. The molecule has 0 unspecified atom stereocenters. The maximum atomic E-state index is 13.5. The molecule has 2 rings (SSSR count). The summed E-state index contributed by atoms with van der Waals surface area (Å²) < 4.78 is 13.5. The summed E-state index contributed by atoms with van der Waals surface area (Å²) in [6.07, 6.45) is 1.07. The molecule has 2 aromatic rings. The maximum absolute atomic E-state index is 13.5. The molecule has 19 heavy (non-hydrogen) atoms. The minimum absolute atomic E-state index is 0. The van der Waals surface area contributed by atoms with Crippen LogP contribution in [0.25, 0.3) is 10.6 Å². The quantitative estimate of drug-likeness (QED) is 0.713. The van der Waals surface area contributed by atoms with Gasteiger partial charge in [0.1, 0.15) is 5.69 Å². The van der Waals surface area contributed by atoms with E-state index >= 15 is 0 Å². The molecule has 0 saturated heterocycles. The van der Waals surface area contributed by atoms with E-state index in [-0.39, 0.29) is 69.8 Å². The fourth-order valence-electron chi connectivity index (χ4n) is 1.26. The number of hydrogen-bond acceptors (Lipinski definition) is 6. The maximum Gasteiger partial charge on any atom is 1.00 e. The van der Waals surface area contributed by atoms with Crippen molar-refractivity contribution in [2.45, 2.75) is 13.8 Å². The first kappa shape index (κ1) is 19.0. The molecule has 8 heteroatoms. The monoisotopic (exact) mass is 353 g/mol. The van der Waals surface area contributed by atoms with Crippen molar-refractivity contribution < 1.29 is 62.6 Å². The summed E-state index contributed by atoms with van der Waals surface area (Å²) in [6.45, 7) is 6.80. The van der Waals surface area contributed by atoms with Gasteiger partial charge in [0.15, 0.2) is 10.9 Å². The van der Waals surface area contributed by atoms with Crippen molar-refractivity contribution in [2.75, 3.05) is 18.1 Å². The third kappa shape index (κ3) is 4.82. The Bertz CT molecular complexity index is 532. The summed E-state index contributed by atoms with van der Waals surface area (Å²) in [5.41, 5.74) is 6.35. The number of rotatable bonds is 2. The normalized spacial score (nSPS) is 9.11. The molecule has 0 aromatic carbocycles. The first-order valence-corrected chi connectivity index (χ1v) is 6.07. The fourth-order valence-corrected chi connectivity index (χ4v) is 2.17. The van der Waals surface area contributed by atoms with Gasteiger partial charge in [0, 0.05) is 7.05 Å². The second kappa shape index (κ2) is 9.07. The molecule has 0 aliphatic carbocycles. The molecule has 0 aliphatic heterocycles. The number of thiazole rings is 1. The summed E-state index contributed by atoms with van der Waals surface area (Å²) in [5.74, 6) is -0.446. The van der Waals surface area contributed by atoms with Crippen LogP contribution in [0, 0.1) is 19.7 Å². The molecule has 0 amide bonds. The van der Waals surface area contributed by atoms with Gasteiger partial charge in [0.05, 0.1) is 16.8 Å². The molecular formula is C11H15FN5RbS. The van der Waals surface area contributed by atoms with E-state index in [0.717, 1.165) is 6.20 Å². The van der Waals surface area contributed by atoms with Crippen LogP contribution in [-0.2, 0) is 0 Å². The Hall–Kier alpha value is 0.0452. The Morgan fingerprint density at radius 2 is 2.00 bits per heavy atom. The van der Waals surface area contributed by atoms with E-state index in [1.54, 1.807) is 20.9 Å². The molecule has 2 heterocycles. The van der Waals surface area contributed by atoms with Crippen LogP contribution in [0.15, 0.2) is 6.20 Å². The molecule has 0 fully saturated rings. The Kier molecular flexibility index (Phi) is 9.09. The minimum Gasteiger partial charge on any atom is -0.368 e. The smallest absolute Gasteiger partial charge is 0.368 e. The Morgan fingerprint density at radius 1 is 1.37 bits per heavy atom. The average molecular weight is 354 g/mol. The van der Waals surface area contributed by atoms with E-state index in [2.05, 4.69) is 27.2 Å². The second-order valence-corrected chi connectivity index (χ2v) is 4.11. The van der Waals surface area contributed by atoms with E-state index in [1.807, 2.05) is 0 Å². The molecule has 5 nitrogen and oxygen atoms in total. The predicted molar refractivity (Wildman–Crippen MR) is 72.8 cm³/mol. The molecule has 0 spiro atoms. The summed E-state index contributed by atoms with van der Waals surface area (Å²) in [6, 6.07) is 0. The molecule has 0 aliphatic rings. The number of hydrogen-bond donors (Lipinski definition) is 2. The van der Waals surface area contributed by atoms with E-state index in [4.69, 9.17) is 5.73 Å². The van der Waals surface area contributed by atoms with E-state index in [1.165, 1.54) is 11.3 Å². The first-order chi connectivity index (χ1) is 8.61. The Labute approximate surface area is 165 Å². The second-order valence-electron chi connectivity index (χ2n) is 3.11. The van der Waals surface area contributed by atoms with Crippen molar-refractivity contribution in [1.29, 1.82) is 0 Å². The van der Waals surface area contributed by atoms with E-state index in [0.29, 0.717) is 15.7 Å². The van der Waals surface area contributed by atoms with Gasteiger partial charge in [-0.05, 0) is 6.92 Å². The van der Waals surface area contributed by atoms with Crippen LogP contribution >= 0.6 is 11.3 Å². The predicted octanol–water partition coefficient (Wildman–Crippen LogP) is -0.484. The van der Waals surface area contributed by atoms with Gasteiger partial charge in [-0.3, -0.25) is 0 Å². The van der Waals surface area contributed by atoms with Crippen LogP contribution < -0.4 is 69.2 Å². The molecule has 0 atom stereocenters. The van der Waals surface area contributed by atoms with Crippen LogP contribution in [0.4, 0.5) is 15.5 Å². The van der Waals surface area contributed by atoms with Crippen molar-refractivity contribution in [1.82, 2.24) is 15.0 Å². The van der Waals surface area contributed by atoms with Crippen LogP contribution in [0.5, 0.6) is 0 Å². The van der Waals surface area contributed by atoms with Gasteiger partial charge in [-0.25, -0.2) is 19.3 Å². The summed E-state index contributed by atoms with van der Waals surface area (Å²) in [5, 5.41) is 3.61. The number of nitrogens with zero attached hydrogens (tertiary/aromatic N) is 3. The largest absolute Gasteiger partial charge is 1.00 e. The number of nitrogens with one attached hydrogen (secondary N) is 1. The fraction of sp³-hybridized carbons (Fsp3) is 0.273. The summed E-state index contributed by atoms with van der Waals surface area (Å²) in [4.78, 5) is 12.3. The summed E-state index contributed by atoms with van der Waals surface area (Å²) in [7, 11) is 1.76. The number of nitrogen functional groups attached to an aromatic ring is 1. The number of halogens is 1. The topological polar surface area (TPSA) is 76.7 Å². The van der Waals surface area contributed by atoms with Crippen molar-refractivity contribution >= 4 is 22.4 Å². The molecular weight excluding hydrogens is 339 g/mol. The van der Waals surface area contributed by atoms with Gasteiger partial charge in [-0.1, -0.05) is 11.3 Å². The van der Waals surface area contributed by atoms with Crippen molar-refractivity contribution in [3.8, 4) is 10.6 Å². The standard InChI is InChI=1S/C9H10FN5S.C2H5.Rb/c1-4-7(16-9(12-2)14-4)6-5(10)3-13-8(11)15-6;1-2;/h3H,1-2H3,(H,12,14)(H2,11,13,15);1H2,2H3;/q;-1;+1. The first-order valence-electron chi connectivity index (χ1n) is 5.26. The van der Waals surface area contributed by atoms with Crippen molar-refractivity contribution in [3.63, 3.8) is 0 Å². The third-order valence-electron chi connectivity index (χ3n) is 1.99. The van der Waals surface area contributed by atoms with Crippen LogP contribution in [0.2, 0.25) is 0 Å². The molecule has 0 saturated carbocycles. The number of nitrogens with two attached hydrogens (primary N) is 1. The third-order valence-corrected chi connectivity index (χ3v) is 3.17. The number of aryl methyl sites for hydroxylation is 1. The zero-order valence-electron chi connectivity index (χ0n) is 11.5. The van der Waals surface area contributed by atoms with Crippen LogP contribution in [-0.4, -0.2) is 22.0 Å². The van der Waals surface area contributed by atoms with Gasteiger partial charge in [0.25, 0.3) is 0 Å². The average Bonchev–Trinajstić information content (AvgIpc) is 2.76. The van der Waals surface area contributed by atoms with E-state index in [9.17, 15) is 4.39 Å². The molecule has 0 bridgehead atoms. The van der Waals surface area contributed by atoms with Crippen molar-refractivity contribution in [2.24, 2.45) is 0 Å². The molecule has 2 aromatic heterocycles. The Balaban J connectivity index is 0.00000103. The van der Waals surface area contributed by atoms with Gasteiger partial charge in [-0.2, -0.15) is 6.92 Å². The zero-order valence-corrected chi connectivity index (χ0v) is 17.2. The molecule has 3 N–H and O–H groups in total. The SMILES string of the molecule is CNc1nc(C)c(-c2nc(N)ncc2F)s1.[CH2-]C.[Rb+]. The van der Waals surface area contributed by atoms with E-state index < -0.39 is 5.82 Å². The summed E-state index contributed by atoms with van der Waals surface area (Å²) >= 11 is 1.33. The van der Waals surface area contributed by atoms with Gasteiger partial charge in [0.2, 0.25) is 5.95 Å². The van der Waals surface area contributed by atoms with Gasteiger partial charge in [-0.15, -0.1) is 0 Å². The van der Waals surface area contributed by atoms with Crippen molar-refractivity contribution in [3.05, 3.63) is 24.6 Å². The minimum atomic E-state index is -0.497. The van der Waals surface area contributed by atoms with Crippen LogP contribution in [0.1, 0.15) is 12.6 Å². The van der Waals surface area contributed by atoms with Crippen LogP contribution in [0.3, 0.4) is 0 Å². The van der Waals surface area contributed by atoms with Gasteiger partial charge < -0.3 is 18.0 Å². The Morgan fingerprint density at radius 3 is 2.53 bits per heavy atom.